The van der Waals surface area contributed by atoms with E-state index in [1.807, 2.05) is 24.3 Å². The van der Waals surface area contributed by atoms with Gasteiger partial charge in [0.25, 0.3) is 5.95 Å². The van der Waals surface area contributed by atoms with Crippen LogP contribution in [0.25, 0.3) is 0 Å². The molecule has 10 nitrogen and oxygen atoms in total. The first-order valence-electron chi connectivity index (χ1n) is 9.85. The highest BCUT2D eigenvalue weighted by Gasteiger charge is 2.14. The van der Waals surface area contributed by atoms with Gasteiger partial charge in [-0.25, -0.2) is 14.5 Å². The van der Waals surface area contributed by atoms with Gasteiger partial charge in [0, 0.05) is 10.2 Å². The van der Waals surface area contributed by atoms with Crippen LogP contribution in [0.15, 0.2) is 67.6 Å². The maximum atomic E-state index is 12.9. The number of aromatic nitrogens is 5. The third-order valence-corrected chi connectivity index (χ3v) is 7.63. The number of carbonyl (C=O) groups excluding carboxylic acids is 1. The fourth-order valence-electron chi connectivity index (χ4n) is 2.54. The number of benzene rings is 2. The Kier molecular flexibility index (Phi) is 8.68. The summed E-state index contributed by atoms with van der Waals surface area (Å²) < 4.78 is 15.9. The average Bonchev–Trinajstić information content (AvgIpc) is 3.44. The number of anilines is 2. The highest BCUT2D eigenvalue weighted by Crippen LogP contribution is 2.29. The molecule has 0 aliphatic heterocycles. The van der Waals surface area contributed by atoms with E-state index in [2.05, 4.69) is 52.2 Å². The van der Waals surface area contributed by atoms with Gasteiger partial charge in [0.2, 0.25) is 16.2 Å². The van der Waals surface area contributed by atoms with E-state index >= 15 is 0 Å². The van der Waals surface area contributed by atoms with Gasteiger partial charge in [-0.05, 0) is 35.4 Å². The van der Waals surface area contributed by atoms with Crippen LogP contribution in [-0.2, 0) is 10.5 Å². The molecule has 4 rings (SSSR count). The minimum Gasteiger partial charge on any atom is -0.334 e. The molecule has 0 saturated carbocycles. The lowest BCUT2D eigenvalue weighted by molar-refractivity contribution is -0.113. The molecule has 0 unspecified atom stereocenters. The monoisotopic (exact) mass is 593 g/mol. The Morgan fingerprint density at radius 3 is 2.80 bits per heavy atom. The van der Waals surface area contributed by atoms with Gasteiger partial charge in [-0.3, -0.25) is 10.1 Å². The van der Waals surface area contributed by atoms with Crippen LogP contribution in [0.5, 0.6) is 0 Å². The molecule has 0 fully saturated rings. The first-order chi connectivity index (χ1) is 17.0. The molecule has 1 amide bonds. The molecule has 0 atom stereocenters. The Labute approximate surface area is 220 Å². The molecule has 4 aromatic rings. The summed E-state index contributed by atoms with van der Waals surface area (Å²) in [5.41, 5.74) is 4.51. The molecular formula is C20H17BrFN9OS3. The highest BCUT2D eigenvalue weighted by molar-refractivity contribution is 9.10. The number of nitrogens with two attached hydrogens (primary N) is 1. The lowest BCUT2D eigenvalue weighted by atomic mass is 10.2. The van der Waals surface area contributed by atoms with Crippen LogP contribution < -0.4 is 16.6 Å². The van der Waals surface area contributed by atoms with Crippen LogP contribution in [0.1, 0.15) is 11.1 Å². The molecule has 0 bridgehead atoms. The van der Waals surface area contributed by atoms with Gasteiger partial charge in [0.1, 0.15) is 5.82 Å². The Hall–Kier alpha value is -3.01. The predicted molar refractivity (Wildman–Crippen MR) is 141 cm³/mol. The van der Waals surface area contributed by atoms with Gasteiger partial charge in [0.05, 0.1) is 12.0 Å². The molecule has 0 saturated heterocycles. The number of nitrogen functional groups attached to an aromatic ring is 1. The summed E-state index contributed by atoms with van der Waals surface area (Å²) in [6.45, 7) is 0. The number of rotatable bonds is 10. The second kappa shape index (κ2) is 12.1. The molecule has 180 valence electrons. The fraction of sp³-hybridized carbons (Fsp3) is 0.100. The molecule has 4 N–H and O–H groups in total. The largest absolute Gasteiger partial charge is 0.334 e. The van der Waals surface area contributed by atoms with Crippen molar-refractivity contribution in [1.82, 2.24) is 25.1 Å². The fourth-order valence-corrected chi connectivity index (χ4v) is 5.36. The standard InChI is InChI=1S/C20H17BrFN9OS3/c21-14-3-1-2-13(8-14)10-34-20-30-28-18(35-20)25-16(32)11-33-19-29-27-17(31(19)23)26-24-9-12-4-6-15(22)7-5-12/h1-9H,10-11,23H2,(H,26,27)(H,25,28,32)/b24-9+. The summed E-state index contributed by atoms with van der Waals surface area (Å²) in [7, 11) is 0. The minimum absolute atomic E-state index is 0.0499. The van der Waals surface area contributed by atoms with Crippen molar-refractivity contribution < 1.29 is 9.18 Å². The Balaban J connectivity index is 1.23. The lowest BCUT2D eigenvalue weighted by Crippen LogP contribution is -2.16. The van der Waals surface area contributed by atoms with E-state index < -0.39 is 0 Å². The molecule has 0 radical (unpaired) electrons. The van der Waals surface area contributed by atoms with Crippen molar-refractivity contribution in [3.05, 3.63) is 69.9 Å². The molecule has 0 aliphatic carbocycles. The van der Waals surface area contributed by atoms with Gasteiger partial charge >= 0.3 is 0 Å². The zero-order valence-electron chi connectivity index (χ0n) is 17.8. The average molecular weight is 595 g/mol. The maximum absolute atomic E-state index is 12.9. The maximum Gasteiger partial charge on any atom is 0.264 e. The van der Waals surface area contributed by atoms with Crippen molar-refractivity contribution in [2.75, 3.05) is 22.3 Å². The van der Waals surface area contributed by atoms with E-state index in [9.17, 15) is 9.18 Å². The first kappa shape index (κ1) is 25.1. The number of hydrogen-bond acceptors (Lipinski definition) is 11. The van der Waals surface area contributed by atoms with Crippen LogP contribution >= 0.6 is 50.8 Å². The van der Waals surface area contributed by atoms with Gasteiger partial charge in [-0.15, -0.1) is 20.4 Å². The van der Waals surface area contributed by atoms with Crippen molar-refractivity contribution in [2.45, 2.75) is 15.2 Å². The number of halogens is 2. The number of carbonyl (C=O) groups is 1. The van der Waals surface area contributed by atoms with E-state index in [1.165, 1.54) is 34.4 Å². The van der Waals surface area contributed by atoms with E-state index in [0.717, 1.165) is 31.9 Å². The number of hydrogen-bond donors (Lipinski definition) is 3. The van der Waals surface area contributed by atoms with Crippen molar-refractivity contribution >= 4 is 74.0 Å². The summed E-state index contributed by atoms with van der Waals surface area (Å²) >= 11 is 7.41. The second-order valence-electron chi connectivity index (χ2n) is 6.73. The summed E-state index contributed by atoms with van der Waals surface area (Å²) in [5.74, 6) is 6.33. The third kappa shape index (κ3) is 7.48. The molecule has 0 spiro atoms. The number of nitrogens with one attached hydrogen (secondary N) is 2. The summed E-state index contributed by atoms with van der Waals surface area (Å²) in [6, 6.07) is 13.9. The molecule has 15 heteroatoms. The van der Waals surface area contributed by atoms with Gasteiger partial charge < -0.3 is 5.84 Å². The van der Waals surface area contributed by atoms with Crippen LogP contribution in [0.3, 0.4) is 0 Å². The number of amides is 1. The van der Waals surface area contributed by atoms with E-state index in [4.69, 9.17) is 5.84 Å². The van der Waals surface area contributed by atoms with Gasteiger partial charge in [-0.1, -0.05) is 75.1 Å². The molecular weight excluding hydrogens is 577 g/mol. The van der Waals surface area contributed by atoms with Crippen molar-refractivity contribution in [1.29, 1.82) is 0 Å². The number of hydrazone groups is 1. The number of nitrogens with zero attached hydrogens (tertiary/aromatic N) is 6. The summed E-state index contributed by atoms with van der Waals surface area (Å²) in [4.78, 5) is 12.3. The zero-order chi connectivity index (χ0) is 24.6. The van der Waals surface area contributed by atoms with E-state index in [-0.39, 0.29) is 23.4 Å². The first-order valence-corrected chi connectivity index (χ1v) is 13.4. The summed E-state index contributed by atoms with van der Waals surface area (Å²) in [5, 5.41) is 23.4. The quantitative estimate of drug-likeness (QED) is 0.0811. The van der Waals surface area contributed by atoms with Crippen molar-refractivity contribution in [3.63, 3.8) is 0 Å². The van der Waals surface area contributed by atoms with E-state index in [1.54, 1.807) is 23.9 Å². The topological polar surface area (TPSA) is 136 Å². The van der Waals surface area contributed by atoms with Crippen LogP contribution in [0, 0.1) is 5.82 Å². The molecule has 2 aromatic carbocycles. The van der Waals surface area contributed by atoms with Gasteiger partial charge in [0.15, 0.2) is 4.34 Å². The highest BCUT2D eigenvalue weighted by atomic mass is 79.9. The SMILES string of the molecule is Nn1c(N/N=C/c2ccc(F)cc2)nnc1SCC(=O)Nc1nnc(SCc2cccc(Br)c2)s1. The van der Waals surface area contributed by atoms with Crippen molar-refractivity contribution in [3.8, 4) is 0 Å². The predicted octanol–water partition coefficient (Wildman–Crippen LogP) is 4.21. The Morgan fingerprint density at radius 2 is 2.00 bits per heavy atom. The zero-order valence-corrected chi connectivity index (χ0v) is 21.8. The van der Waals surface area contributed by atoms with Crippen LogP contribution in [0.2, 0.25) is 0 Å². The van der Waals surface area contributed by atoms with Crippen molar-refractivity contribution in [2.24, 2.45) is 5.10 Å². The van der Waals surface area contributed by atoms with Crippen LogP contribution in [-0.4, -0.2) is 42.9 Å². The Morgan fingerprint density at radius 1 is 1.17 bits per heavy atom. The molecule has 0 aliphatic rings. The lowest BCUT2D eigenvalue weighted by Gasteiger charge is -2.03. The van der Waals surface area contributed by atoms with E-state index in [0.29, 0.717) is 15.9 Å². The Bertz CT molecular complexity index is 1330. The minimum atomic E-state index is -0.329. The molecule has 35 heavy (non-hydrogen) atoms. The second-order valence-corrected chi connectivity index (χ2v) is 10.8. The summed E-state index contributed by atoms with van der Waals surface area (Å²) in [6.07, 6.45) is 1.49. The third-order valence-electron chi connectivity index (χ3n) is 4.15. The number of thioether (sulfide) groups is 2. The molecule has 2 heterocycles. The van der Waals surface area contributed by atoms with Crippen LogP contribution in [0.4, 0.5) is 15.5 Å². The normalized spacial score (nSPS) is 11.1. The van der Waals surface area contributed by atoms with Gasteiger partial charge in [-0.2, -0.15) is 5.10 Å². The smallest absolute Gasteiger partial charge is 0.264 e. The molecule has 2 aromatic heterocycles.